The van der Waals surface area contributed by atoms with Gasteiger partial charge in [0.1, 0.15) is 5.75 Å². The average Bonchev–Trinajstić information content (AvgIpc) is 2.70. The van der Waals surface area contributed by atoms with E-state index in [1.807, 2.05) is 6.08 Å². The third-order valence-electron chi connectivity index (χ3n) is 3.87. The van der Waals surface area contributed by atoms with Gasteiger partial charge in [-0.2, -0.15) is 4.31 Å². The van der Waals surface area contributed by atoms with Crippen LogP contribution in [0.3, 0.4) is 0 Å². The summed E-state index contributed by atoms with van der Waals surface area (Å²) in [7, 11) is -1.89. The van der Waals surface area contributed by atoms with Crippen LogP contribution in [0.4, 0.5) is 0 Å². The first-order valence-electron chi connectivity index (χ1n) is 6.47. The zero-order valence-electron chi connectivity index (χ0n) is 10.8. The van der Waals surface area contributed by atoms with E-state index >= 15 is 0 Å². The Kier molecular flexibility index (Phi) is 3.11. The monoisotopic (exact) mass is 279 g/mol. The van der Waals surface area contributed by atoms with Crippen LogP contribution in [0.2, 0.25) is 0 Å². The number of nitrogens with zero attached hydrogens (tertiary/aromatic N) is 1. The summed E-state index contributed by atoms with van der Waals surface area (Å²) < 4.78 is 32.3. The molecule has 102 valence electrons. The minimum Gasteiger partial charge on any atom is -0.497 e. The summed E-state index contributed by atoms with van der Waals surface area (Å²) in [6, 6.07) is 6.83. The van der Waals surface area contributed by atoms with Crippen molar-refractivity contribution in [2.45, 2.75) is 36.2 Å². The summed E-state index contributed by atoms with van der Waals surface area (Å²) in [6.45, 7) is 0. The second-order valence-electron chi connectivity index (χ2n) is 4.98. The molecule has 19 heavy (non-hydrogen) atoms. The van der Waals surface area contributed by atoms with Gasteiger partial charge in [0, 0.05) is 18.2 Å². The van der Waals surface area contributed by atoms with Crippen LogP contribution in [0.5, 0.6) is 5.75 Å². The predicted molar refractivity (Wildman–Crippen MR) is 72.6 cm³/mol. The normalized spacial score (nSPS) is 26.6. The molecule has 2 heterocycles. The molecule has 0 saturated carbocycles. The summed E-state index contributed by atoms with van der Waals surface area (Å²) in [6.07, 6.45) is 6.80. The average molecular weight is 279 g/mol. The Morgan fingerprint density at radius 2 is 2.16 bits per heavy atom. The van der Waals surface area contributed by atoms with E-state index in [2.05, 4.69) is 6.08 Å². The quantitative estimate of drug-likeness (QED) is 0.797. The lowest BCUT2D eigenvalue weighted by Crippen LogP contribution is -2.41. The Hall–Kier alpha value is -1.33. The van der Waals surface area contributed by atoms with Crippen molar-refractivity contribution in [2.24, 2.45) is 0 Å². The van der Waals surface area contributed by atoms with Gasteiger partial charge in [-0.1, -0.05) is 18.2 Å². The van der Waals surface area contributed by atoms with E-state index in [9.17, 15) is 8.42 Å². The van der Waals surface area contributed by atoms with Gasteiger partial charge in [-0.05, 0) is 31.4 Å². The summed E-state index contributed by atoms with van der Waals surface area (Å²) in [5, 5.41) is 0. The van der Waals surface area contributed by atoms with Crippen molar-refractivity contribution in [1.82, 2.24) is 4.31 Å². The van der Waals surface area contributed by atoms with Gasteiger partial charge < -0.3 is 4.74 Å². The number of rotatable bonds is 3. The molecule has 0 spiro atoms. The van der Waals surface area contributed by atoms with Crippen molar-refractivity contribution >= 4 is 10.0 Å². The molecular formula is C14H17NO3S. The molecule has 0 N–H and O–H groups in total. The van der Waals surface area contributed by atoms with Crippen molar-refractivity contribution in [3.8, 4) is 5.75 Å². The number of hydrogen-bond donors (Lipinski definition) is 0. The molecule has 1 aromatic carbocycles. The lowest BCUT2D eigenvalue weighted by molar-refractivity contribution is 0.340. The first-order valence-corrected chi connectivity index (χ1v) is 7.91. The standard InChI is InChI=1S/C14H17NO3S/c1-18-13-6-3-7-14(10-13)19(16,17)15-11-4-2-5-12(15)9-8-11/h2-4,6-7,10-12H,5,8-9H2,1H3/t11-,12-/m0/s1. The molecule has 0 unspecified atom stereocenters. The number of ether oxygens (including phenoxy) is 1. The maximum Gasteiger partial charge on any atom is 0.244 e. The molecule has 1 aromatic rings. The zero-order chi connectivity index (χ0) is 13.5. The maximum atomic E-state index is 12.8. The van der Waals surface area contributed by atoms with Gasteiger partial charge in [0.25, 0.3) is 0 Å². The number of benzene rings is 1. The van der Waals surface area contributed by atoms with Crippen LogP contribution < -0.4 is 4.74 Å². The molecule has 0 amide bonds. The maximum absolute atomic E-state index is 12.8. The van der Waals surface area contributed by atoms with Crippen LogP contribution in [0.25, 0.3) is 0 Å². The van der Waals surface area contributed by atoms with Crippen molar-refractivity contribution in [3.63, 3.8) is 0 Å². The van der Waals surface area contributed by atoms with Gasteiger partial charge in [-0.15, -0.1) is 0 Å². The second kappa shape index (κ2) is 4.65. The molecule has 1 saturated heterocycles. The van der Waals surface area contributed by atoms with E-state index in [-0.39, 0.29) is 12.1 Å². The molecule has 2 atom stereocenters. The Morgan fingerprint density at radius 1 is 1.32 bits per heavy atom. The first kappa shape index (κ1) is 12.7. The largest absolute Gasteiger partial charge is 0.497 e. The first-order chi connectivity index (χ1) is 9.13. The Labute approximate surface area is 113 Å². The van der Waals surface area contributed by atoms with Crippen LogP contribution in [-0.2, 0) is 10.0 Å². The summed E-state index contributed by atoms with van der Waals surface area (Å²) in [5.41, 5.74) is 0. The van der Waals surface area contributed by atoms with Crippen LogP contribution in [-0.4, -0.2) is 31.9 Å². The third kappa shape index (κ3) is 2.07. The fourth-order valence-electron chi connectivity index (χ4n) is 2.94. The minimum atomic E-state index is -3.43. The molecular weight excluding hydrogens is 262 g/mol. The highest BCUT2D eigenvalue weighted by atomic mass is 32.2. The zero-order valence-corrected chi connectivity index (χ0v) is 11.6. The molecule has 2 aliphatic heterocycles. The van der Waals surface area contributed by atoms with Gasteiger partial charge >= 0.3 is 0 Å². The van der Waals surface area contributed by atoms with Gasteiger partial charge in [0.2, 0.25) is 10.0 Å². The van der Waals surface area contributed by atoms with Gasteiger partial charge in [-0.3, -0.25) is 0 Å². The van der Waals surface area contributed by atoms with E-state index in [1.165, 1.54) is 0 Å². The van der Waals surface area contributed by atoms with Gasteiger partial charge in [0.15, 0.2) is 0 Å². The molecule has 0 radical (unpaired) electrons. The molecule has 2 aliphatic rings. The number of methoxy groups -OCH3 is 1. The lowest BCUT2D eigenvalue weighted by Gasteiger charge is -2.30. The molecule has 0 aromatic heterocycles. The highest BCUT2D eigenvalue weighted by Gasteiger charge is 2.42. The van der Waals surface area contributed by atoms with E-state index in [4.69, 9.17) is 4.74 Å². The molecule has 4 nitrogen and oxygen atoms in total. The molecule has 0 aliphatic carbocycles. The smallest absolute Gasteiger partial charge is 0.244 e. The number of sulfonamides is 1. The van der Waals surface area contributed by atoms with E-state index in [1.54, 1.807) is 35.7 Å². The topological polar surface area (TPSA) is 46.6 Å². The van der Waals surface area contributed by atoms with Crippen LogP contribution in [0.1, 0.15) is 19.3 Å². The highest BCUT2D eigenvalue weighted by Crippen LogP contribution is 2.36. The van der Waals surface area contributed by atoms with Gasteiger partial charge in [0.05, 0.1) is 12.0 Å². The van der Waals surface area contributed by atoms with Crippen LogP contribution in [0, 0.1) is 0 Å². The minimum absolute atomic E-state index is 0.0231. The van der Waals surface area contributed by atoms with Crippen molar-refractivity contribution in [2.75, 3.05) is 7.11 Å². The van der Waals surface area contributed by atoms with Crippen LogP contribution in [0.15, 0.2) is 41.3 Å². The van der Waals surface area contributed by atoms with Crippen LogP contribution >= 0.6 is 0 Å². The van der Waals surface area contributed by atoms with Crippen molar-refractivity contribution in [3.05, 3.63) is 36.4 Å². The fraction of sp³-hybridized carbons (Fsp3) is 0.429. The fourth-order valence-corrected chi connectivity index (χ4v) is 4.82. The molecule has 5 heteroatoms. The van der Waals surface area contributed by atoms with Gasteiger partial charge in [-0.25, -0.2) is 8.42 Å². The van der Waals surface area contributed by atoms with E-state index < -0.39 is 10.0 Å². The third-order valence-corrected chi connectivity index (χ3v) is 5.84. The number of fused-ring (bicyclic) bond motifs is 2. The SMILES string of the molecule is COc1cccc(S(=O)(=O)N2[C@H]3CC=C[C@H]2CC3)c1. The Bertz CT molecular complexity index is 609. The van der Waals surface area contributed by atoms with Crippen molar-refractivity contribution in [1.29, 1.82) is 0 Å². The Morgan fingerprint density at radius 3 is 2.89 bits per heavy atom. The number of hydrogen-bond acceptors (Lipinski definition) is 3. The molecule has 1 fully saturated rings. The van der Waals surface area contributed by atoms with E-state index in [0.717, 1.165) is 19.3 Å². The predicted octanol–water partition coefficient (Wildman–Crippen LogP) is 2.18. The molecule has 3 rings (SSSR count). The van der Waals surface area contributed by atoms with Crippen molar-refractivity contribution < 1.29 is 13.2 Å². The second-order valence-corrected chi connectivity index (χ2v) is 6.82. The Balaban J connectivity index is 2.01. The summed E-state index contributed by atoms with van der Waals surface area (Å²) in [5.74, 6) is 0.570. The molecule has 2 bridgehead atoms. The van der Waals surface area contributed by atoms with E-state index in [0.29, 0.717) is 10.6 Å². The summed E-state index contributed by atoms with van der Waals surface area (Å²) >= 11 is 0. The highest BCUT2D eigenvalue weighted by molar-refractivity contribution is 7.89. The lowest BCUT2D eigenvalue weighted by atomic mass is 10.2. The summed E-state index contributed by atoms with van der Waals surface area (Å²) in [4.78, 5) is 0.319.